The van der Waals surface area contributed by atoms with E-state index in [1.165, 1.54) is 11.3 Å². The number of carbonyl (C=O) groups excluding carboxylic acids is 1. The third-order valence-corrected chi connectivity index (χ3v) is 3.75. The van der Waals surface area contributed by atoms with Crippen LogP contribution in [0.15, 0.2) is 23.7 Å². The molecule has 4 nitrogen and oxygen atoms in total. The number of primary amides is 1. The Hall–Kier alpha value is -1.59. The van der Waals surface area contributed by atoms with Crippen LogP contribution in [0.3, 0.4) is 0 Å². The third-order valence-electron chi connectivity index (χ3n) is 2.42. The van der Waals surface area contributed by atoms with Gasteiger partial charge in [-0.2, -0.15) is 0 Å². The molecule has 94 valence electrons. The van der Waals surface area contributed by atoms with Gasteiger partial charge in [0.05, 0.1) is 17.4 Å². The first kappa shape index (κ1) is 12.9. The summed E-state index contributed by atoms with van der Waals surface area (Å²) in [7, 11) is 0. The third kappa shape index (κ3) is 3.00. The van der Waals surface area contributed by atoms with E-state index in [4.69, 9.17) is 17.3 Å². The summed E-state index contributed by atoms with van der Waals surface area (Å²) in [6, 6.07) is 3.72. The van der Waals surface area contributed by atoms with Gasteiger partial charge in [0.2, 0.25) is 5.91 Å². The lowest BCUT2D eigenvalue weighted by atomic mass is 10.3. The maximum atomic E-state index is 11.0. The van der Waals surface area contributed by atoms with Gasteiger partial charge >= 0.3 is 0 Å². The Morgan fingerprint density at radius 1 is 1.56 bits per heavy atom. The molecule has 0 saturated heterocycles. The van der Waals surface area contributed by atoms with Crippen LogP contribution in [0, 0.1) is 6.92 Å². The minimum atomic E-state index is -0.401. The second kappa shape index (κ2) is 5.37. The Morgan fingerprint density at radius 2 is 2.33 bits per heavy atom. The first-order chi connectivity index (χ1) is 8.56. The van der Waals surface area contributed by atoms with Gasteiger partial charge in [0.15, 0.2) is 0 Å². The molecular weight excluding hydrogens is 270 g/mol. The van der Waals surface area contributed by atoms with E-state index in [9.17, 15) is 4.79 Å². The van der Waals surface area contributed by atoms with Crippen LogP contribution in [0.1, 0.15) is 20.8 Å². The lowest BCUT2D eigenvalue weighted by Gasteiger charge is -2.05. The Bertz CT molecular complexity index is 582. The monoisotopic (exact) mass is 281 g/mol. The number of aromatic nitrogens is 1. The quantitative estimate of drug-likeness (QED) is 0.847. The number of pyridine rings is 1. The second-order valence-corrected chi connectivity index (χ2v) is 5.20. The van der Waals surface area contributed by atoms with Crippen LogP contribution in [0.5, 0.6) is 0 Å². The Labute approximate surface area is 114 Å². The zero-order valence-corrected chi connectivity index (χ0v) is 11.3. The van der Waals surface area contributed by atoms with Crippen molar-refractivity contribution in [3.05, 3.63) is 44.9 Å². The van der Waals surface area contributed by atoms with E-state index >= 15 is 0 Å². The summed E-state index contributed by atoms with van der Waals surface area (Å²) in [5, 5.41) is 5.48. The first-order valence-corrected chi connectivity index (χ1v) is 6.55. The molecule has 0 aliphatic heterocycles. The van der Waals surface area contributed by atoms with E-state index in [1.54, 1.807) is 17.6 Å². The fourth-order valence-electron chi connectivity index (χ4n) is 1.45. The molecule has 0 radical (unpaired) electrons. The van der Waals surface area contributed by atoms with Gasteiger partial charge in [0.25, 0.3) is 0 Å². The lowest BCUT2D eigenvalue weighted by molar-refractivity contribution is 0.100. The summed E-state index contributed by atoms with van der Waals surface area (Å²) >= 11 is 7.34. The highest BCUT2D eigenvalue weighted by Gasteiger charge is 2.05. The predicted octanol–water partition coefficient (Wildman–Crippen LogP) is 2.82. The summed E-state index contributed by atoms with van der Waals surface area (Å²) in [6.45, 7) is 2.53. The number of hydrogen-bond acceptors (Lipinski definition) is 4. The molecule has 0 bridgehead atoms. The number of amides is 1. The number of halogens is 1. The molecule has 2 rings (SSSR count). The molecule has 0 fully saturated rings. The van der Waals surface area contributed by atoms with Crippen molar-refractivity contribution in [1.82, 2.24) is 4.98 Å². The molecule has 0 aliphatic rings. The molecule has 6 heteroatoms. The number of anilines is 1. The van der Waals surface area contributed by atoms with Crippen LogP contribution in [0.25, 0.3) is 0 Å². The fraction of sp³-hybridized carbons (Fsp3) is 0.167. The number of aryl methyl sites for hydroxylation is 1. The zero-order valence-electron chi connectivity index (χ0n) is 9.74. The molecule has 0 aliphatic carbocycles. The number of nitrogens with two attached hydrogens (primary N) is 1. The maximum absolute atomic E-state index is 11.0. The van der Waals surface area contributed by atoms with Gasteiger partial charge < -0.3 is 11.1 Å². The van der Waals surface area contributed by atoms with E-state index in [0.29, 0.717) is 17.3 Å². The van der Waals surface area contributed by atoms with Gasteiger partial charge in [-0.05, 0) is 24.6 Å². The SMILES string of the molecule is Cc1cc(NCc2cc(C(N)=O)cs2)cnc1Cl. The van der Waals surface area contributed by atoms with Gasteiger partial charge in [-0.1, -0.05) is 11.6 Å². The van der Waals surface area contributed by atoms with E-state index in [0.717, 1.165) is 16.1 Å². The minimum absolute atomic E-state index is 0.401. The van der Waals surface area contributed by atoms with Crippen molar-refractivity contribution in [1.29, 1.82) is 0 Å². The number of nitrogens with zero attached hydrogens (tertiary/aromatic N) is 1. The molecule has 2 aromatic heterocycles. The average Bonchev–Trinajstić information content (AvgIpc) is 2.79. The molecule has 0 saturated carbocycles. The smallest absolute Gasteiger partial charge is 0.249 e. The molecule has 0 atom stereocenters. The van der Waals surface area contributed by atoms with Crippen molar-refractivity contribution in [2.75, 3.05) is 5.32 Å². The predicted molar refractivity (Wildman–Crippen MR) is 74.1 cm³/mol. The van der Waals surface area contributed by atoms with Crippen LogP contribution in [-0.4, -0.2) is 10.9 Å². The second-order valence-electron chi connectivity index (χ2n) is 3.85. The number of rotatable bonds is 4. The Morgan fingerprint density at radius 3 is 2.94 bits per heavy atom. The van der Waals surface area contributed by atoms with Crippen molar-refractivity contribution in [2.24, 2.45) is 5.73 Å². The lowest BCUT2D eigenvalue weighted by Crippen LogP contribution is -2.09. The largest absolute Gasteiger partial charge is 0.379 e. The summed E-state index contributed by atoms with van der Waals surface area (Å²) in [5.41, 5.74) is 7.55. The van der Waals surface area contributed by atoms with E-state index in [-0.39, 0.29) is 0 Å². The summed E-state index contributed by atoms with van der Waals surface area (Å²) < 4.78 is 0. The molecule has 2 heterocycles. The van der Waals surface area contributed by atoms with Crippen LogP contribution in [0.4, 0.5) is 5.69 Å². The summed E-state index contributed by atoms with van der Waals surface area (Å²) in [4.78, 5) is 16.0. The number of nitrogens with one attached hydrogen (secondary N) is 1. The van der Waals surface area contributed by atoms with Crippen molar-refractivity contribution >= 4 is 34.5 Å². The van der Waals surface area contributed by atoms with E-state index in [1.807, 2.05) is 13.0 Å². The molecular formula is C12H12ClN3OS. The van der Waals surface area contributed by atoms with Crippen LogP contribution in [-0.2, 0) is 6.54 Å². The van der Waals surface area contributed by atoms with Gasteiger partial charge in [0.1, 0.15) is 5.15 Å². The summed E-state index contributed by atoms with van der Waals surface area (Å²) in [6.07, 6.45) is 1.68. The van der Waals surface area contributed by atoms with Crippen LogP contribution >= 0.6 is 22.9 Å². The Kier molecular flexibility index (Phi) is 3.84. The zero-order chi connectivity index (χ0) is 13.1. The standard InChI is InChI=1S/C12H12ClN3OS/c1-7-2-9(4-16-11(7)13)15-5-10-3-8(6-18-10)12(14)17/h2-4,6,15H,5H2,1H3,(H2,14,17). The molecule has 0 unspecified atom stereocenters. The normalized spacial score (nSPS) is 10.3. The van der Waals surface area contributed by atoms with Gasteiger partial charge in [0, 0.05) is 16.8 Å². The molecule has 2 aromatic rings. The van der Waals surface area contributed by atoms with E-state index in [2.05, 4.69) is 10.3 Å². The minimum Gasteiger partial charge on any atom is -0.379 e. The average molecular weight is 282 g/mol. The number of hydrogen-bond donors (Lipinski definition) is 2. The Balaban J connectivity index is 2.02. The summed E-state index contributed by atoms with van der Waals surface area (Å²) in [5.74, 6) is -0.401. The van der Waals surface area contributed by atoms with Gasteiger partial charge in [-0.3, -0.25) is 4.79 Å². The van der Waals surface area contributed by atoms with E-state index < -0.39 is 5.91 Å². The molecule has 3 N–H and O–H groups in total. The van der Waals surface area contributed by atoms with Crippen molar-refractivity contribution in [3.8, 4) is 0 Å². The molecule has 1 amide bonds. The molecule has 0 aromatic carbocycles. The van der Waals surface area contributed by atoms with Crippen molar-refractivity contribution in [3.63, 3.8) is 0 Å². The van der Waals surface area contributed by atoms with Crippen LogP contribution < -0.4 is 11.1 Å². The van der Waals surface area contributed by atoms with Crippen LogP contribution in [0.2, 0.25) is 5.15 Å². The maximum Gasteiger partial charge on any atom is 0.249 e. The molecule has 0 spiro atoms. The first-order valence-electron chi connectivity index (χ1n) is 5.29. The number of thiophene rings is 1. The highest BCUT2D eigenvalue weighted by molar-refractivity contribution is 7.10. The topological polar surface area (TPSA) is 68.0 Å². The van der Waals surface area contributed by atoms with Crippen molar-refractivity contribution in [2.45, 2.75) is 13.5 Å². The highest BCUT2D eigenvalue weighted by atomic mass is 35.5. The highest BCUT2D eigenvalue weighted by Crippen LogP contribution is 2.19. The van der Waals surface area contributed by atoms with Crippen molar-refractivity contribution < 1.29 is 4.79 Å². The van der Waals surface area contributed by atoms with Gasteiger partial charge in [-0.15, -0.1) is 11.3 Å². The van der Waals surface area contributed by atoms with Gasteiger partial charge in [-0.25, -0.2) is 4.98 Å². The number of carbonyl (C=O) groups is 1. The molecule has 18 heavy (non-hydrogen) atoms. The fourth-order valence-corrected chi connectivity index (χ4v) is 2.36.